The molecule has 2 aliphatic rings. The topological polar surface area (TPSA) is 12.0 Å². The molecule has 3 heteroatoms. The number of hydrogen-bond acceptors (Lipinski definition) is 2. The van der Waals surface area contributed by atoms with Gasteiger partial charge in [0.2, 0.25) is 0 Å². The first-order chi connectivity index (χ1) is 10.2. The molecule has 2 heterocycles. The highest BCUT2D eigenvalue weighted by Crippen LogP contribution is 2.52. The van der Waals surface area contributed by atoms with Crippen LogP contribution < -0.4 is 5.32 Å². The molecule has 4 rings (SSSR count). The van der Waals surface area contributed by atoms with Crippen LogP contribution in [0.2, 0.25) is 5.02 Å². The minimum Gasteiger partial charge on any atom is -0.377 e. The largest absolute Gasteiger partial charge is 0.377 e. The van der Waals surface area contributed by atoms with Crippen molar-refractivity contribution in [3.63, 3.8) is 0 Å². The minimum atomic E-state index is 0.398. The zero-order valence-corrected chi connectivity index (χ0v) is 13.8. The summed E-state index contributed by atoms with van der Waals surface area (Å²) in [7, 11) is 0. The van der Waals surface area contributed by atoms with Crippen LogP contribution in [0.15, 0.2) is 35.7 Å². The third-order valence-corrected chi connectivity index (χ3v) is 6.43. The number of aryl methyl sites for hydroxylation is 1. The van der Waals surface area contributed by atoms with Crippen molar-refractivity contribution in [1.29, 1.82) is 0 Å². The second kappa shape index (κ2) is 4.89. The smallest absolute Gasteiger partial charge is 0.0649 e. The van der Waals surface area contributed by atoms with Gasteiger partial charge in [0.1, 0.15) is 0 Å². The summed E-state index contributed by atoms with van der Waals surface area (Å²) in [6, 6.07) is 6.86. The predicted octanol–water partition coefficient (Wildman–Crippen LogP) is 5.84. The number of halogens is 1. The summed E-state index contributed by atoms with van der Waals surface area (Å²) in [6.07, 6.45) is 5.88. The Morgan fingerprint density at radius 2 is 2.10 bits per heavy atom. The SMILES string of the molecule is Cc1ccsc1C1Nc2c(ccc(Cl)c2C)C2C=CCC21. The third-order valence-electron chi connectivity index (χ3n) is 4.92. The average molecular weight is 316 g/mol. The lowest BCUT2D eigenvalue weighted by molar-refractivity contribution is 0.428. The molecule has 3 atom stereocenters. The van der Waals surface area contributed by atoms with Gasteiger partial charge in [-0.3, -0.25) is 0 Å². The Kier molecular flexibility index (Phi) is 3.13. The monoisotopic (exact) mass is 315 g/mol. The maximum absolute atomic E-state index is 6.34. The molecule has 2 aromatic rings. The fraction of sp³-hybridized carbons (Fsp3) is 0.333. The summed E-state index contributed by atoms with van der Waals surface area (Å²) in [4.78, 5) is 1.47. The van der Waals surface area contributed by atoms with Gasteiger partial charge in [-0.2, -0.15) is 0 Å². The summed E-state index contributed by atoms with van der Waals surface area (Å²) in [5, 5.41) is 6.86. The van der Waals surface area contributed by atoms with E-state index in [9.17, 15) is 0 Å². The van der Waals surface area contributed by atoms with Gasteiger partial charge in [-0.1, -0.05) is 29.8 Å². The first-order valence-corrected chi connectivity index (χ1v) is 8.68. The number of benzene rings is 1. The highest BCUT2D eigenvalue weighted by molar-refractivity contribution is 7.10. The van der Waals surface area contributed by atoms with E-state index in [4.69, 9.17) is 11.6 Å². The Morgan fingerprint density at radius 1 is 1.24 bits per heavy atom. The quantitative estimate of drug-likeness (QED) is 0.651. The maximum Gasteiger partial charge on any atom is 0.0649 e. The second-order valence-corrected chi connectivity index (χ2v) is 7.43. The van der Waals surface area contributed by atoms with Gasteiger partial charge in [-0.05, 0) is 60.4 Å². The summed E-state index contributed by atoms with van der Waals surface area (Å²) < 4.78 is 0. The normalized spacial score (nSPS) is 26.3. The van der Waals surface area contributed by atoms with E-state index in [2.05, 4.69) is 48.8 Å². The third kappa shape index (κ3) is 1.96. The molecule has 108 valence electrons. The van der Waals surface area contributed by atoms with Gasteiger partial charge >= 0.3 is 0 Å². The lowest BCUT2D eigenvalue weighted by Gasteiger charge is -2.38. The Bertz CT molecular complexity index is 731. The van der Waals surface area contributed by atoms with E-state index in [1.54, 1.807) is 0 Å². The molecule has 0 spiro atoms. The van der Waals surface area contributed by atoms with E-state index in [-0.39, 0.29) is 0 Å². The number of hydrogen-bond donors (Lipinski definition) is 1. The molecule has 0 fully saturated rings. The van der Waals surface area contributed by atoms with Crippen LogP contribution in [0.25, 0.3) is 0 Å². The van der Waals surface area contributed by atoms with E-state index >= 15 is 0 Å². The fourth-order valence-corrected chi connectivity index (χ4v) is 4.96. The molecule has 0 radical (unpaired) electrons. The Hall–Kier alpha value is -1.25. The van der Waals surface area contributed by atoms with Crippen molar-refractivity contribution in [2.75, 3.05) is 5.32 Å². The number of allylic oxidation sites excluding steroid dienone is 2. The summed E-state index contributed by atoms with van der Waals surface area (Å²) in [6.45, 7) is 4.33. The van der Waals surface area contributed by atoms with Crippen molar-refractivity contribution in [3.05, 3.63) is 62.3 Å². The average Bonchev–Trinajstić information content (AvgIpc) is 3.11. The molecule has 1 N–H and O–H groups in total. The second-order valence-electron chi connectivity index (χ2n) is 6.08. The molecule has 0 amide bonds. The summed E-state index contributed by atoms with van der Waals surface area (Å²) >= 11 is 8.20. The summed E-state index contributed by atoms with van der Waals surface area (Å²) in [5.74, 6) is 1.14. The lowest BCUT2D eigenvalue weighted by atomic mass is 9.77. The maximum atomic E-state index is 6.34. The van der Waals surface area contributed by atoms with E-state index < -0.39 is 0 Å². The standard InChI is InChI=1S/C18H18ClNS/c1-10-8-9-21-18(10)17-13-5-3-4-12(13)14-6-7-15(19)11(2)16(14)20-17/h3-4,6-9,12-13,17,20H,5H2,1-2H3. The van der Waals surface area contributed by atoms with Crippen LogP contribution in [-0.4, -0.2) is 0 Å². The van der Waals surface area contributed by atoms with Gasteiger partial charge in [0.25, 0.3) is 0 Å². The number of nitrogens with one attached hydrogen (secondary N) is 1. The van der Waals surface area contributed by atoms with Crippen molar-refractivity contribution in [2.45, 2.75) is 32.2 Å². The van der Waals surface area contributed by atoms with E-state index in [0.717, 1.165) is 11.4 Å². The van der Waals surface area contributed by atoms with Crippen LogP contribution in [0.3, 0.4) is 0 Å². The van der Waals surface area contributed by atoms with Crippen LogP contribution in [0.4, 0.5) is 5.69 Å². The molecule has 0 bridgehead atoms. The van der Waals surface area contributed by atoms with Crippen LogP contribution in [0.1, 0.15) is 39.9 Å². The van der Waals surface area contributed by atoms with Gasteiger partial charge in [0, 0.05) is 21.5 Å². The molecular formula is C18H18ClNS. The molecular weight excluding hydrogens is 298 g/mol. The van der Waals surface area contributed by atoms with Crippen LogP contribution in [0, 0.1) is 19.8 Å². The molecule has 1 aromatic carbocycles. The Balaban J connectivity index is 1.87. The fourth-order valence-electron chi connectivity index (χ4n) is 3.75. The molecule has 3 unspecified atom stereocenters. The molecule has 0 saturated carbocycles. The molecule has 0 saturated heterocycles. The first-order valence-electron chi connectivity index (χ1n) is 7.43. The molecule has 1 aromatic heterocycles. The minimum absolute atomic E-state index is 0.398. The van der Waals surface area contributed by atoms with Gasteiger partial charge in [0.15, 0.2) is 0 Å². The van der Waals surface area contributed by atoms with Crippen LogP contribution >= 0.6 is 22.9 Å². The van der Waals surface area contributed by atoms with Crippen LogP contribution in [-0.2, 0) is 0 Å². The predicted molar refractivity (Wildman–Crippen MR) is 91.6 cm³/mol. The Morgan fingerprint density at radius 3 is 2.86 bits per heavy atom. The molecule has 1 aliphatic heterocycles. The zero-order chi connectivity index (χ0) is 14.6. The molecule has 1 nitrogen and oxygen atoms in total. The number of anilines is 1. The van der Waals surface area contributed by atoms with Crippen molar-refractivity contribution in [1.82, 2.24) is 0 Å². The van der Waals surface area contributed by atoms with E-state index in [1.165, 1.54) is 27.3 Å². The van der Waals surface area contributed by atoms with Gasteiger partial charge in [-0.15, -0.1) is 11.3 Å². The van der Waals surface area contributed by atoms with Crippen molar-refractivity contribution >= 4 is 28.6 Å². The van der Waals surface area contributed by atoms with E-state index in [0.29, 0.717) is 17.9 Å². The Labute approximate surface area is 134 Å². The van der Waals surface area contributed by atoms with Gasteiger partial charge in [-0.25, -0.2) is 0 Å². The highest BCUT2D eigenvalue weighted by atomic mass is 35.5. The highest BCUT2D eigenvalue weighted by Gasteiger charge is 2.39. The number of rotatable bonds is 1. The first kappa shape index (κ1) is 13.4. The zero-order valence-electron chi connectivity index (χ0n) is 12.2. The molecule has 1 aliphatic carbocycles. The number of thiophene rings is 1. The van der Waals surface area contributed by atoms with Gasteiger partial charge in [0.05, 0.1) is 6.04 Å². The van der Waals surface area contributed by atoms with E-state index in [1.807, 2.05) is 17.4 Å². The number of fused-ring (bicyclic) bond motifs is 3. The lowest BCUT2D eigenvalue weighted by Crippen LogP contribution is -2.29. The van der Waals surface area contributed by atoms with Crippen molar-refractivity contribution in [2.24, 2.45) is 5.92 Å². The van der Waals surface area contributed by atoms with Crippen LogP contribution in [0.5, 0.6) is 0 Å². The van der Waals surface area contributed by atoms with Crippen molar-refractivity contribution < 1.29 is 0 Å². The van der Waals surface area contributed by atoms with Gasteiger partial charge < -0.3 is 5.32 Å². The summed E-state index contributed by atoms with van der Waals surface area (Å²) in [5.41, 5.74) is 5.22. The molecule has 21 heavy (non-hydrogen) atoms. The van der Waals surface area contributed by atoms with Crippen molar-refractivity contribution in [3.8, 4) is 0 Å².